The summed E-state index contributed by atoms with van der Waals surface area (Å²) in [6.07, 6.45) is 22.1. The molecule has 2 aromatic carbocycles. The van der Waals surface area contributed by atoms with Crippen LogP contribution in [0.3, 0.4) is 0 Å². The number of unbranched alkanes of at least 4 members (excludes halogenated alkanes) is 12. The van der Waals surface area contributed by atoms with Crippen molar-refractivity contribution in [1.29, 1.82) is 0 Å². The maximum atomic E-state index is 7.15. The molecule has 6 atom stereocenters. The van der Waals surface area contributed by atoms with Crippen LogP contribution in [0.25, 0.3) is 0 Å². The molecule has 0 spiro atoms. The molecule has 0 radical (unpaired) electrons. The zero-order valence-corrected chi connectivity index (χ0v) is 33.3. The Labute approximate surface area is 308 Å². The van der Waals surface area contributed by atoms with Gasteiger partial charge in [-0.25, -0.2) is 0 Å². The van der Waals surface area contributed by atoms with E-state index < -0.39 is 0 Å². The van der Waals surface area contributed by atoms with Crippen molar-refractivity contribution in [1.82, 2.24) is 0 Å². The van der Waals surface area contributed by atoms with Gasteiger partial charge in [0.2, 0.25) is 0 Å². The van der Waals surface area contributed by atoms with Crippen LogP contribution in [-0.2, 0) is 22.3 Å². The van der Waals surface area contributed by atoms with Gasteiger partial charge in [0.1, 0.15) is 0 Å². The number of fused-ring (bicyclic) bond motifs is 15. The first-order valence-electron chi connectivity index (χ1n) is 19.8. The van der Waals surface area contributed by atoms with Crippen LogP contribution in [-0.4, -0.2) is 13.2 Å². The fraction of sp³-hybridized carbons (Fsp3) is 0.714. The molecule has 0 saturated carbocycles. The van der Waals surface area contributed by atoms with E-state index in [0.29, 0.717) is 11.8 Å². The minimum Gasteiger partial charge on any atom is -0.490 e. The van der Waals surface area contributed by atoms with E-state index in [1.165, 1.54) is 132 Å². The number of ether oxygens (including phenoxy) is 4. The minimum atomic E-state index is 0.0440. The molecule has 0 unspecified atom stereocenters. The molecule has 0 amide bonds. The molecule has 4 heterocycles. The zero-order chi connectivity index (χ0) is 33.6. The largest absolute Gasteiger partial charge is 0.490 e. The van der Waals surface area contributed by atoms with Crippen LogP contribution in [0.5, 0.6) is 11.5 Å². The zero-order valence-electron chi connectivity index (χ0n) is 30.1. The second-order valence-corrected chi connectivity index (χ2v) is 16.5. The Bertz CT molecular complexity index is 1270. The minimum absolute atomic E-state index is 0.0440. The molecule has 0 N–H and O–H groups in total. The number of hydrogen-bond acceptors (Lipinski definition) is 4. The van der Waals surface area contributed by atoms with E-state index in [2.05, 4.69) is 71.7 Å². The van der Waals surface area contributed by atoms with Crippen LogP contribution in [0.2, 0.25) is 0 Å². The Balaban J connectivity index is 1.31. The molecule has 4 bridgehead atoms. The molecule has 4 nitrogen and oxygen atoms in total. The highest BCUT2D eigenvalue weighted by atomic mass is 79.9. The molecule has 6 rings (SSSR count). The fourth-order valence-electron chi connectivity index (χ4n) is 9.04. The van der Waals surface area contributed by atoms with Crippen LogP contribution >= 0.6 is 31.9 Å². The van der Waals surface area contributed by atoms with Crippen molar-refractivity contribution in [2.75, 3.05) is 13.2 Å². The average Bonchev–Trinajstić information content (AvgIpc) is 3.86. The average molecular weight is 789 g/mol. The highest BCUT2D eigenvalue weighted by Gasteiger charge is 2.67. The van der Waals surface area contributed by atoms with Crippen molar-refractivity contribution < 1.29 is 18.9 Å². The molecule has 4 aliphatic rings. The lowest BCUT2D eigenvalue weighted by Crippen LogP contribution is -2.29. The Morgan fingerprint density at radius 1 is 0.500 bits per heavy atom. The smallest absolute Gasteiger partial charge is 0.161 e. The summed E-state index contributed by atoms with van der Waals surface area (Å²) in [5.74, 6) is 2.48. The third-order valence-corrected chi connectivity index (χ3v) is 13.8. The molecular weight excluding hydrogens is 728 g/mol. The summed E-state index contributed by atoms with van der Waals surface area (Å²) >= 11 is 8.23. The normalized spacial score (nSPS) is 24.3. The summed E-state index contributed by atoms with van der Waals surface area (Å²) in [7, 11) is 0. The van der Waals surface area contributed by atoms with Gasteiger partial charge in [0.25, 0.3) is 0 Å². The lowest BCUT2D eigenvalue weighted by Gasteiger charge is -2.35. The van der Waals surface area contributed by atoms with Crippen LogP contribution in [0.1, 0.15) is 188 Å². The van der Waals surface area contributed by atoms with E-state index in [-0.39, 0.29) is 24.4 Å². The lowest BCUT2D eigenvalue weighted by molar-refractivity contribution is -0.0294. The number of benzene rings is 2. The van der Waals surface area contributed by atoms with E-state index in [1.54, 1.807) is 0 Å². The molecule has 0 aromatic heterocycles. The van der Waals surface area contributed by atoms with Crippen molar-refractivity contribution in [3.05, 3.63) is 54.5 Å². The summed E-state index contributed by atoms with van der Waals surface area (Å²) < 4.78 is 29.6. The van der Waals surface area contributed by atoms with Crippen LogP contribution < -0.4 is 9.47 Å². The summed E-state index contributed by atoms with van der Waals surface area (Å²) in [5, 5.41) is 0. The van der Waals surface area contributed by atoms with Crippen molar-refractivity contribution >= 4 is 31.9 Å². The number of rotatable bonds is 22. The Hall–Kier alpha value is -1.08. The fourth-order valence-corrected chi connectivity index (χ4v) is 10.3. The molecule has 2 fully saturated rings. The quantitative estimate of drug-likeness (QED) is 0.111. The molecule has 2 aromatic rings. The number of hydrogen-bond donors (Lipinski definition) is 0. The van der Waals surface area contributed by atoms with E-state index in [1.807, 2.05) is 0 Å². The van der Waals surface area contributed by atoms with Gasteiger partial charge >= 0.3 is 0 Å². The molecule has 2 saturated heterocycles. The summed E-state index contributed by atoms with van der Waals surface area (Å²) in [6, 6.07) is 4.57. The van der Waals surface area contributed by atoms with Crippen LogP contribution in [0, 0.1) is 11.8 Å². The Kier molecular flexibility index (Phi) is 13.3. The van der Waals surface area contributed by atoms with Crippen molar-refractivity contribution in [3.63, 3.8) is 0 Å². The Morgan fingerprint density at radius 3 is 1.27 bits per heavy atom. The third kappa shape index (κ3) is 7.30. The molecular formula is C42H60Br2O4. The summed E-state index contributed by atoms with van der Waals surface area (Å²) in [6.45, 7) is 10.6. The standard InChI is InChI=1S/C42H60Br2O4/c1-5-9-13-17-21-27-33-34(28(38(44)37(27)43)22-18-14-10-6-2)42-36-35(41(33)48-42)39-29-25-31(45-23-19-15-11-7-3)32(26-30(29)40(36)47-39)46-24-20-16-12-8-4/h25-26,35-36,39-42H,5-24H2,1-4H3/t35-,36+,39+,40-,41+,42-. The van der Waals surface area contributed by atoms with Gasteiger partial charge in [0, 0.05) is 20.8 Å². The topological polar surface area (TPSA) is 36.9 Å². The lowest BCUT2D eigenvalue weighted by atomic mass is 9.65. The maximum absolute atomic E-state index is 7.15. The van der Waals surface area contributed by atoms with Gasteiger partial charge in [-0.2, -0.15) is 0 Å². The molecule has 4 aliphatic heterocycles. The van der Waals surface area contributed by atoms with Gasteiger partial charge in [0.05, 0.1) is 37.6 Å². The van der Waals surface area contributed by atoms with E-state index >= 15 is 0 Å². The van der Waals surface area contributed by atoms with Gasteiger partial charge in [-0.15, -0.1) is 0 Å². The Morgan fingerprint density at radius 2 is 0.875 bits per heavy atom. The van der Waals surface area contributed by atoms with Gasteiger partial charge < -0.3 is 18.9 Å². The second-order valence-electron chi connectivity index (χ2n) is 14.9. The predicted octanol–water partition coefficient (Wildman–Crippen LogP) is 13.6. The molecule has 6 heteroatoms. The molecule has 0 aliphatic carbocycles. The van der Waals surface area contributed by atoms with E-state index in [4.69, 9.17) is 18.9 Å². The highest BCUT2D eigenvalue weighted by Crippen LogP contribution is 2.74. The third-order valence-electron chi connectivity index (χ3n) is 11.5. The molecule has 48 heavy (non-hydrogen) atoms. The summed E-state index contributed by atoms with van der Waals surface area (Å²) in [5.41, 5.74) is 8.55. The first-order chi connectivity index (χ1) is 23.5. The SMILES string of the molecule is CCCCCCOc1cc2c(cc1OCCCCCC)[C@@H]1O[C@H]2[C@@H]2[C@H]1[C@H]1O[C@@H]2c2c(CCCCCC)c(Br)c(Br)c(CCCCCC)c21. The van der Waals surface area contributed by atoms with Gasteiger partial charge in [-0.1, -0.05) is 105 Å². The first-order valence-corrected chi connectivity index (χ1v) is 21.4. The van der Waals surface area contributed by atoms with Crippen molar-refractivity contribution in [2.24, 2.45) is 11.8 Å². The highest BCUT2D eigenvalue weighted by molar-refractivity contribution is 9.13. The first kappa shape index (κ1) is 36.7. The summed E-state index contributed by atoms with van der Waals surface area (Å²) in [4.78, 5) is 0. The van der Waals surface area contributed by atoms with Gasteiger partial charge in [-0.3, -0.25) is 0 Å². The number of halogens is 2. The maximum Gasteiger partial charge on any atom is 0.161 e. The van der Waals surface area contributed by atoms with E-state index in [9.17, 15) is 0 Å². The van der Waals surface area contributed by atoms with Crippen LogP contribution in [0.15, 0.2) is 21.1 Å². The van der Waals surface area contributed by atoms with Crippen molar-refractivity contribution in [2.45, 2.75) is 168 Å². The predicted molar refractivity (Wildman–Crippen MR) is 203 cm³/mol. The van der Waals surface area contributed by atoms with Crippen molar-refractivity contribution in [3.8, 4) is 11.5 Å². The monoisotopic (exact) mass is 786 g/mol. The van der Waals surface area contributed by atoms with Gasteiger partial charge in [-0.05, 0) is 116 Å². The van der Waals surface area contributed by atoms with Gasteiger partial charge in [0.15, 0.2) is 11.5 Å². The van der Waals surface area contributed by atoms with E-state index in [0.717, 1.165) is 50.4 Å². The molecule has 266 valence electrons. The second kappa shape index (κ2) is 17.4. The van der Waals surface area contributed by atoms with Crippen LogP contribution in [0.4, 0.5) is 0 Å².